The third kappa shape index (κ3) is 2.60. The summed E-state index contributed by atoms with van der Waals surface area (Å²) in [6.45, 7) is 0. The first-order valence-electron chi connectivity index (χ1n) is 4.16. The Bertz CT molecular complexity index is 556. The molecule has 0 saturated heterocycles. The van der Waals surface area contributed by atoms with E-state index in [1.165, 1.54) is 23.1 Å². The average molecular weight is 294 g/mol. The maximum atomic E-state index is 10.4. The van der Waals surface area contributed by atoms with Crippen molar-refractivity contribution in [2.45, 2.75) is 4.34 Å². The molecule has 2 aromatic rings. The summed E-state index contributed by atoms with van der Waals surface area (Å²) in [7, 11) is 0. The van der Waals surface area contributed by atoms with Crippen molar-refractivity contribution in [1.29, 1.82) is 0 Å². The first kappa shape index (κ1) is 12.0. The minimum atomic E-state index is -0.867. The summed E-state index contributed by atoms with van der Waals surface area (Å²) >= 11 is 14.4. The molecule has 1 aromatic carbocycles. The predicted molar refractivity (Wildman–Crippen MR) is 68.0 cm³/mol. The normalized spacial score (nSPS) is 10.9. The van der Waals surface area contributed by atoms with E-state index < -0.39 is 5.97 Å². The van der Waals surface area contributed by atoms with Crippen molar-refractivity contribution in [2.75, 3.05) is 5.75 Å². The van der Waals surface area contributed by atoms with Crippen molar-refractivity contribution in [1.82, 2.24) is 4.98 Å². The van der Waals surface area contributed by atoms with Crippen LogP contribution in [0.5, 0.6) is 0 Å². The van der Waals surface area contributed by atoms with E-state index in [1.54, 1.807) is 12.1 Å². The Kier molecular flexibility index (Phi) is 3.59. The van der Waals surface area contributed by atoms with Crippen LogP contribution in [0.15, 0.2) is 16.5 Å². The van der Waals surface area contributed by atoms with Crippen LogP contribution in [-0.4, -0.2) is 21.8 Å². The number of benzene rings is 1. The van der Waals surface area contributed by atoms with E-state index in [-0.39, 0.29) is 5.75 Å². The molecular formula is C9H5Cl2NO2S2. The lowest BCUT2D eigenvalue weighted by Gasteiger charge is -1.92. The van der Waals surface area contributed by atoms with E-state index >= 15 is 0 Å². The fraction of sp³-hybridized carbons (Fsp3) is 0.111. The largest absolute Gasteiger partial charge is 0.481 e. The molecule has 1 heterocycles. The maximum Gasteiger partial charge on any atom is 0.313 e. The van der Waals surface area contributed by atoms with Crippen LogP contribution >= 0.6 is 46.3 Å². The summed E-state index contributed by atoms with van der Waals surface area (Å²) in [6.07, 6.45) is 0. The van der Waals surface area contributed by atoms with Crippen LogP contribution in [0.25, 0.3) is 10.2 Å². The standard InChI is InChI=1S/C9H5Cl2NO2S2/c10-4-1-5(11)8-6(2-4)16-9(12-8)15-3-7(13)14/h1-2H,3H2,(H,13,14). The summed E-state index contributed by atoms with van der Waals surface area (Å²) in [5.41, 5.74) is 0.670. The fourth-order valence-electron chi connectivity index (χ4n) is 1.12. The highest BCUT2D eigenvalue weighted by Crippen LogP contribution is 2.35. The third-order valence-corrected chi connectivity index (χ3v) is 4.35. The molecule has 7 heteroatoms. The van der Waals surface area contributed by atoms with Gasteiger partial charge >= 0.3 is 5.97 Å². The molecule has 84 valence electrons. The highest BCUT2D eigenvalue weighted by Gasteiger charge is 2.10. The molecule has 0 fully saturated rings. The number of aromatic nitrogens is 1. The summed E-state index contributed by atoms with van der Waals surface area (Å²) in [6, 6.07) is 3.39. The summed E-state index contributed by atoms with van der Waals surface area (Å²) in [5, 5.41) is 9.60. The fourth-order valence-corrected chi connectivity index (χ4v) is 3.63. The zero-order valence-corrected chi connectivity index (χ0v) is 10.9. The van der Waals surface area contributed by atoms with Gasteiger partial charge < -0.3 is 5.11 Å². The Morgan fingerprint density at radius 3 is 2.94 bits per heavy atom. The molecule has 0 radical (unpaired) electrons. The molecule has 0 bridgehead atoms. The van der Waals surface area contributed by atoms with Crippen molar-refractivity contribution in [2.24, 2.45) is 0 Å². The first-order valence-corrected chi connectivity index (χ1v) is 6.72. The Labute approximate surface area is 109 Å². The highest BCUT2D eigenvalue weighted by atomic mass is 35.5. The molecule has 0 aliphatic heterocycles. The van der Waals surface area contributed by atoms with E-state index in [9.17, 15) is 4.79 Å². The third-order valence-electron chi connectivity index (χ3n) is 1.71. The van der Waals surface area contributed by atoms with E-state index in [2.05, 4.69) is 4.98 Å². The Morgan fingerprint density at radius 2 is 2.25 bits per heavy atom. The number of thioether (sulfide) groups is 1. The number of rotatable bonds is 3. The number of hydrogen-bond acceptors (Lipinski definition) is 4. The molecule has 0 aliphatic rings. The Balaban J connectivity index is 2.36. The predicted octanol–water partition coefficient (Wildman–Crippen LogP) is 3.78. The van der Waals surface area contributed by atoms with Crippen molar-refractivity contribution < 1.29 is 9.90 Å². The summed E-state index contributed by atoms with van der Waals surface area (Å²) in [4.78, 5) is 14.7. The second-order valence-electron chi connectivity index (χ2n) is 2.90. The van der Waals surface area contributed by atoms with Gasteiger partial charge in [-0.05, 0) is 12.1 Å². The highest BCUT2D eigenvalue weighted by molar-refractivity contribution is 8.01. The van der Waals surface area contributed by atoms with E-state index in [4.69, 9.17) is 28.3 Å². The molecule has 0 atom stereocenters. The van der Waals surface area contributed by atoms with Crippen LogP contribution in [0.1, 0.15) is 0 Å². The summed E-state index contributed by atoms with van der Waals surface area (Å²) in [5.74, 6) is -0.876. The molecule has 0 spiro atoms. The molecule has 0 aliphatic carbocycles. The zero-order chi connectivity index (χ0) is 11.7. The summed E-state index contributed by atoms with van der Waals surface area (Å²) < 4.78 is 1.55. The molecule has 0 unspecified atom stereocenters. The van der Waals surface area contributed by atoms with Crippen LogP contribution in [-0.2, 0) is 4.79 Å². The Morgan fingerprint density at radius 1 is 1.50 bits per heavy atom. The van der Waals surface area contributed by atoms with Crippen molar-refractivity contribution in [3.05, 3.63) is 22.2 Å². The van der Waals surface area contributed by atoms with Crippen LogP contribution in [0.3, 0.4) is 0 Å². The van der Waals surface area contributed by atoms with Gasteiger partial charge in [0, 0.05) is 5.02 Å². The Hall–Kier alpha value is -0.490. The van der Waals surface area contributed by atoms with Crippen LogP contribution in [0.2, 0.25) is 10.0 Å². The van der Waals surface area contributed by atoms with Gasteiger partial charge in [0.1, 0.15) is 5.52 Å². The van der Waals surface area contributed by atoms with E-state index in [0.29, 0.717) is 19.9 Å². The lowest BCUT2D eigenvalue weighted by atomic mass is 10.3. The lowest BCUT2D eigenvalue weighted by molar-refractivity contribution is -0.133. The number of fused-ring (bicyclic) bond motifs is 1. The SMILES string of the molecule is O=C(O)CSc1nc2c(Cl)cc(Cl)cc2s1. The molecule has 1 aromatic heterocycles. The minimum Gasteiger partial charge on any atom is -0.481 e. The van der Waals surface area contributed by atoms with Gasteiger partial charge in [0.15, 0.2) is 4.34 Å². The van der Waals surface area contributed by atoms with Gasteiger partial charge in [0.2, 0.25) is 0 Å². The van der Waals surface area contributed by atoms with Crippen molar-refractivity contribution >= 4 is 62.5 Å². The molecular weight excluding hydrogens is 289 g/mol. The molecule has 1 N–H and O–H groups in total. The van der Waals surface area contributed by atoms with Gasteiger partial charge in [0.05, 0.1) is 15.5 Å². The second kappa shape index (κ2) is 4.79. The van der Waals surface area contributed by atoms with Crippen molar-refractivity contribution in [3.8, 4) is 0 Å². The smallest absolute Gasteiger partial charge is 0.313 e. The van der Waals surface area contributed by atoms with E-state index in [0.717, 1.165) is 4.70 Å². The first-order chi connectivity index (χ1) is 7.56. The lowest BCUT2D eigenvalue weighted by Crippen LogP contribution is -1.96. The second-order valence-corrected chi connectivity index (χ2v) is 5.99. The number of halogens is 2. The number of carboxylic acid groups (broad SMARTS) is 1. The van der Waals surface area contributed by atoms with E-state index in [1.807, 2.05) is 0 Å². The number of thiazole rings is 1. The topological polar surface area (TPSA) is 50.2 Å². The van der Waals surface area contributed by atoms with Gasteiger partial charge in [-0.1, -0.05) is 35.0 Å². The van der Waals surface area contributed by atoms with Crippen LogP contribution in [0, 0.1) is 0 Å². The number of aliphatic carboxylic acids is 1. The van der Waals surface area contributed by atoms with Gasteiger partial charge in [-0.25, -0.2) is 4.98 Å². The minimum absolute atomic E-state index is 0.00876. The average Bonchev–Trinajstić information content (AvgIpc) is 2.57. The molecule has 16 heavy (non-hydrogen) atoms. The number of carboxylic acids is 1. The van der Waals surface area contributed by atoms with Crippen molar-refractivity contribution in [3.63, 3.8) is 0 Å². The zero-order valence-electron chi connectivity index (χ0n) is 7.74. The van der Waals surface area contributed by atoms with Crippen LogP contribution < -0.4 is 0 Å². The van der Waals surface area contributed by atoms with Gasteiger partial charge in [-0.2, -0.15) is 0 Å². The number of carbonyl (C=O) groups is 1. The van der Waals surface area contributed by atoms with Crippen LogP contribution in [0.4, 0.5) is 0 Å². The molecule has 0 amide bonds. The maximum absolute atomic E-state index is 10.4. The molecule has 3 nitrogen and oxygen atoms in total. The number of nitrogens with zero attached hydrogens (tertiary/aromatic N) is 1. The molecule has 0 saturated carbocycles. The monoisotopic (exact) mass is 293 g/mol. The van der Waals surface area contributed by atoms with Gasteiger partial charge in [-0.3, -0.25) is 4.79 Å². The number of hydrogen-bond donors (Lipinski definition) is 1. The molecule has 2 rings (SSSR count). The van der Waals surface area contributed by atoms with Gasteiger partial charge in [0.25, 0.3) is 0 Å². The quantitative estimate of drug-likeness (QED) is 0.875. The van der Waals surface area contributed by atoms with Gasteiger partial charge in [-0.15, -0.1) is 11.3 Å².